The number of halogens is 1. The molecule has 15 nitrogen and oxygen atoms in total. The topological polar surface area (TPSA) is 183 Å². The van der Waals surface area contributed by atoms with Crippen molar-refractivity contribution in [3.05, 3.63) is 211 Å². The fourth-order valence-corrected chi connectivity index (χ4v) is 8.47. The largest absolute Gasteiger partial charge is 0.519 e. The van der Waals surface area contributed by atoms with Gasteiger partial charge in [0.2, 0.25) is 5.82 Å². The molecule has 0 bridgehead atoms. The number of unbranched alkanes of at least 4 members (excludes halogenated alkanes) is 1. The van der Waals surface area contributed by atoms with E-state index in [2.05, 4.69) is 53.1 Å². The minimum Gasteiger partial charge on any atom is -0.453 e. The van der Waals surface area contributed by atoms with Crippen LogP contribution in [-0.4, -0.2) is 46.9 Å². The molecule has 0 N–H and O–H groups in total. The van der Waals surface area contributed by atoms with Gasteiger partial charge in [0.25, 0.3) is 5.09 Å². The van der Waals surface area contributed by atoms with E-state index in [1.54, 1.807) is 16.3 Å². The van der Waals surface area contributed by atoms with Gasteiger partial charge in [0.1, 0.15) is 11.9 Å². The van der Waals surface area contributed by atoms with Gasteiger partial charge in [0, 0.05) is 24.9 Å². The number of nitrogens with zero attached hydrogens (tertiary/aromatic N) is 7. The highest BCUT2D eigenvalue weighted by Crippen LogP contribution is 2.40. The van der Waals surface area contributed by atoms with Crippen LogP contribution in [0.3, 0.4) is 0 Å². The first-order valence-corrected chi connectivity index (χ1v) is 22.0. The fourth-order valence-electron chi connectivity index (χ4n) is 8.19. The Kier molecular flexibility index (Phi) is 13.9. The van der Waals surface area contributed by atoms with E-state index >= 15 is 0 Å². The highest BCUT2D eigenvalue weighted by Gasteiger charge is 2.41. The molecule has 5 aromatic carbocycles. The lowest BCUT2D eigenvalue weighted by Crippen LogP contribution is -2.39. The SMILES string of the molecule is CCCCc1nc(Cl)c(C(=O)OCc2oc(=O)oc2CCC[C@H](C)O[N+](=O)[O-])n1Cc1ccc(-c2ccccc2-c2nnn(C(c3ccccc3)(c3ccccc3)c3ccccc3)n2)cc1. The van der Waals surface area contributed by atoms with Crippen LogP contribution in [0.1, 0.15) is 89.6 Å². The molecule has 3 heterocycles. The monoisotopic (exact) mass is 907 g/mol. The molecule has 8 rings (SSSR count). The van der Waals surface area contributed by atoms with Crippen molar-refractivity contribution in [1.29, 1.82) is 0 Å². The van der Waals surface area contributed by atoms with Crippen LogP contribution >= 0.6 is 11.6 Å². The third-order valence-corrected chi connectivity index (χ3v) is 11.6. The summed E-state index contributed by atoms with van der Waals surface area (Å²) in [5, 5.41) is 24.4. The van der Waals surface area contributed by atoms with Crippen LogP contribution in [0.15, 0.2) is 153 Å². The van der Waals surface area contributed by atoms with Gasteiger partial charge in [0.05, 0.1) is 0 Å². The smallest absolute Gasteiger partial charge is 0.453 e. The molecule has 0 saturated heterocycles. The van der Waals surface area contributed by atoms with Gasteiger partial charge in [-0.05, 0) is 64.8 Å². The van der Waals surface area contributed by atoms with Crippen LogP contribution in [0.25, 0.3) is 22.5 Å². The quantitative estimate of drug-likeness (QED) is 0.0306. The molecule has 66 heavy (non-hydrogen) atoms. The first kappa shape index (κ1) is 44.9. The maximum Gasteiger partial charge on any atom is 0.519 e. The number of aromatic nitrogens is 6. The molecule has 3 aromatic heterocycles. The predicted octanol–water partition coefficient (Wildman–Crippen LogP) is 9.91. The third-order valence-electron chi connectivity index (χ3n) is 11.4. The Morgan fingerprint density at radius 3 is 2.00 bits per heavy atom. The zero-order valence-corrected chi connectivity index (χ0v) is 37.0. The summed E-state index contributed by atoms with van der Waals surface area (Å²) in [6, 6.07) is 46.5. The van der Waals surface area contributed by atoms with Crippen LogP contribution < -0.4 is 5.82 Å². The molecule has 0 saturated carbocycles. The molecule has 0 aliphatic rings. The fraction of sp³-hybridized carbons (Fsp3) is 0.240. The second kappa shape index (κ2) is 20.5. The van der Waals surface area contributed by atoms with Crippen molar-refractivity contribution in [2.75, 3.05) is 0 Å². The number of ether oxygens (including phenoxy) is 1. The van der Waals surface area contributed by atoms with Crippen molar-refractivity contribution in [2.24, 2.45) is 0 Å². The van der Waals surface area contributed by atoms with E-state index in [-0.39, 0.29) is 35.3 Å². The highest BCUT2D eigenvalue weighted by atomic mass is 35.5. The molecule has 0 unspecified atom stereocenters. The van der Waals surface area contributed by atoms with Crippen LogP contribution in [0.4, 0.5) is 0 Å². The van der Waals surface area contributed by atoms with Crippen molar-refractivity contribution in [1.82, 2.24) is 29.8 Å². The maximum absolute atomic E-state index is 13.8. The van der Waals surface area contributed by atoms with Crippen LogP contribution in [0, 0.1) is 10.1 Å². The second-order valence-electron chi connectivity index (χ2n) is 15.7. The number of hydrogen-bond acceptors (Lipinski definition) is 12. The van der Waals surface area contributed by atoms with Crippen LogP contribution in [0.2, 0.25) is 5.15 Å². The lowest BCUT2D eigenvalue weighted by molar-refractivity contribution is -0.767. The molecule has 0 radical (unpaired) electrons. The minimum absolute atomic E-state index is 0.0124. The van der Waals surface area contributed by atoms with Gasteiger partial charge >= 0.3 is 11.8 Å². The number of benzene rings is 5. The number of esters is 1. The van der Waals surface area contributed by atoms with Crippen molar-refractivity contribution in [3.63, 3.8) is 0 Å². The van der Waals surface area contributed by atoms with E-state index in [0.29, 0.717) is 30.9 Å². The number of carbonyl (C=O) groups is 1. The second-order valence-corrected chi connectivity index (χ2v) is 16.1. The molecular formula is C50H46ClN7O8. The molecule has 0 spiro atoms. The van der Waals surface area contributed by atoms with E-state index in [9.17, 15) is 19.7 Å². The molecular weight excluding hydrogens is 862 g/mol. The van der Waals surface area contributed by atoms with E-state index in [4.69, 9.17) is 40.6 Å². The maximum atomic E-state index is 13.8. The first-order chi connectivity index (χ1) is 32.1. The standard InChI is InChI=1S/C50H46ClN7O8/c1-3-4-27-44-52-46(51)45(48(59)63-33-43-42(64-49(60)65-43)26-16-17-34(2)66-58(61)62)56(44)32-35-28-30-36(31-29-35)40-24-14-15-25-41(40)47-53-55-57(54-47)50(37-18-8-5-9-19-37,38-20-10-6-11-21-38)39-22-12-7-13-23-39/h5-15,18-25,28-31,34H,3-4,16-17,26-27,32-33H2,1-2H3/t34-/m0/s1. The van der Waals surface area contributed by atoms with Gasteiger partial charge in [-0.1, -0.05) is 164 Å². The van der Waals surface area contributed by atoms with Crippen LogP contribution in [0.5, 0.6) is 0 Å². The third kappa shape index (κ3) is 9.71. The Bertz CT molecular complexity index is 2850. The zero-order chi connectivity index (χ0) is 46.0. The summed E-state index contributed by atoms with van der Waals surface area (Å²) in [6.07, 6.45) is 2.54. The molecule has 8 aromatic rings. The lowest BCUT2D eigenvalue weighted by atomic mass is 9.77. The molecule has 0 aliphatic carbocycles. The number of tetrazole rings is 1. The summed E-state index contributed by atoms with van der Waals surface area (Å²) in [5.41, 5.74) is 5.54. The Morgan fingerprint density at radius 2 is 1.39 bits per heavy atom. The van der Waals surface area contributed by atoms with E-state index in [1.807, 2.05) is 103 Å². The number of carbonyl (C=O) groups excluding carboxylic acids is 1. The highest BCUT2D eigenvalue weighted by molar-refractivity contribution is 6.32. The van der Waals surface area contributed by atoms with Crippen molar-refractivity contribution in [2.45, 2.75) is 77.2 Å². The first-order valence-electron chi connectivity index (χ1n) is 21.7. The predicted molar refractivity (Wildman–Crippen MR) is 245 cm³/mol. The Morgan fingerprint density at radius 1 is 0.803 bits per heavy atom. The van der Waals surface area contributed by atoms with Crippen molar-refractivity contribution >= 4 is 17.6 Å². The summed E-state index contributed by atoms with van der Waals surface area (Å²) in [7, 11) is 0. The summed E-state index contributed by atoms with van der Waals surface area (Å²) in [4.78, 5) is 47.3. The van der Waals surface area contributed by atoms with Gasteiger partial charge in [-0.2, -0.15) is 0 Å². The van der Waals surface area contributed by atoms with Crippen molar-refractivity contribution in [3.8, 4) is 22.5 Å². The number of imidazole rings is 1. The average Bonchev–Trinajstić information content (AvgIpc) is 4.05. The zero-order valence-electron chi connectivity index (χ0n) is 36.3. The lowest BCUT2D eigenvalue weighted by Gasteiger charge is -2.34. The van der Waals surface area contributed by atoms with Gasteiger partial charge in [-0.15, -0.1) is 25.1 Å². The van der Waals surface area contributed by atoms with Gasteiger partial charge in [0.15, 0.2) is 34.5 Å². The summed E-state index contributed by atoms with van der Waals surface area (Å²) in [5.74, 6) is -0.443. The molecule has 1 atom stereocenters. The Hall–Kier alpha value is -7.65. The molecule has 0 aliphatic heterocycles. The van der Waals surface area contributed by atoms with Crippen molar-refractivity contribution < 1.29 is 28.3 Å². The number of aryl methyl sites for hydroxylation is 2. The normalized spacial score (nSPS) is 11.9. The molecule has 336 valence electrons. The summed E-state index contributed by atoms with van der Waals surface area (Å²) >= 11 is 6.65. The number of hydrogen-bond donors (Lipinski definition) is 0. The van der Waals surface area contributed by atoms with Gasteiger partial charge in [-0.3, -0.25) is 0 Å². The molecule has 0 amide bonds. The molecule has 16 heteroatoms. The summed E-state index contributed by atoms with van der Waals surface area (Å²) < 4.78 is 17.8. The van der Waals surface area contributed by atoms with E-state index < -0.39 is 35.1 Å². The van der Waals surface area contributed by atoms with Gasteiger partial charge < -0.3 is 23.0 Å². The molecule has 0 fully saturated rings. The Balaban J connectivity index is 1.05. The average molecular weight is 908 g/mol. The van der Waals surface area contributed by atoms with E-state index in [1.165, 1.54) is 0 Å². The number of rotatable bonds is 20. The van der Waals surface area contributed by atoms with Crippen LogP contribution in [-0.2, 0) is 41.1 Å². The van der Waals surface area contributed by atoms with E-state index in [0.717, 1.165) is 51.8 Å². The summed E-state index contributed by atoms with van der Waals surface area (Å²) in [6.45, 7) is 3.48. The van der Waals surface area contributed by atoms with Gasteiger partial charge in [-0.25, -0.2) is 14.6 Å². The minimum atomic E-state index is -0.958. The Labute approximate surface area is 384 Å².